The number of ether oxygens (including phenoxy) is 1. The molecule has 138 valence electrons. The third-order valence-electron chi connectivity index (χ3n) is 4.09. The molecule has 0 aliphatic rings. The smallest absolute Gasteiger partial charge is 0.377 e. The number of hydrogen-bond donors (Lipinski definition) is 1. The maximum absolute atomic E-state index is 14.4. The van der Waals surface area contributed by atoms with E-state index in [0.29, 0.717) is 11.3 Å². The van der Waals surface area contributed by atoms with Crippen LogP contribution in [0.3, 0.4) is 0 Å². The largest absolute Gasteiger partial charge is 0.462 e. The van der Waals surface area contributed by atoms with E-state index in [-0.39, 0.29) is 6.61 Å². The van der Waals surface area contributed by atoms with E-state index in [2.05, 4.69) is 10.1 Å². The summed E-state index contributed by atoms with van der Waals surface area (Å²) in [5.41, 5.74) is -0.760. The third kappa shape index (κ3) is 4.45. The predicted molar refractivity (Wildman–Crippen MR) is 95.1 cm³/mol. The standard InChI is InChI=1S/C20H21F2NO3/c1-3-26-18(25)20(21,22)14-19(2,15-10-6-4-7-11-15)17(24)23-16-12-8-5-9-13-16/h4-13H,3,14H2,1-2H3,(H,23,24). The molecule has 0 bridgehead atoms. The van der Waals surface area contributed by atoms with Crippen LogP contribution in [0.2, 0.25) is 0 Å². The van der Waals surface area contributed by atoms with Crippen LogP contribution >= 0.6 is 0 Å². The molecule has 0 aliphatic heterocycles. The van der Waals surface area contributed by atoms with Gasteiger partial charge in [-0.05, 0) is 31.5 Å². The Labute approximate surface area is 151 Å². The van der Waals surface area contributed by atoms with Crippen LogP contribution in [0, 0.1) is 0 Å². The lowest BCUT2D eigenvalue weighted by Crippen LogP contribution is -2.45. The Morgan fingerprint density at radius 1 is 1.00 bits per heavy atom. The van der Waals surface area contributed by atoms with E-state index in [4.69, 9.17) is 0 Å². The molecule has 0 radical (unpaired) electrons. The van der Waals surface area contributed by atoms with Crippen molar-refractivity contribution in [1.29, 1.82) is 0 Å². The number of halogens is 2. The number of carbonyl (C=O) groups is 2. The molecule has 0 fully saturated rings. The van der Waals surface area contributed by atoms with Crippen LogP contribution in [0.25, 0.3) is 0 Å². The monoisotopic (exact) mass is 361 g/mol. The summed E-state index contributed by atoms with van der Waals surface area (Å²) in [4.78, 5) is 24.5. The van der Waals surface area contributed by atoms with E-state index in [1.54, 1.807) is 60.7 Å². The molecule has 0 saturated heterocycles. The molecular weight excluding hydrogens is 340 g/mol. The van der Waals surface area contributed by atoms with Gasteiger partial charge in [0.1, 0.15) is 0 Å². The van der Waals surface area contributed by atoms with Crippen molar-refractivity contribution in [2.24, 2.45) is 0 Å². The molecule has 1 N–H and O–H groups in total. The van der Waals surface area contributed by atoms with Gasteiger partial charge in [0, 0.05) is 12.1 Å². The summed E-state index contributed by atoms with van der Waals surface area (Å²) >= 11 is 0. The zero-order chi connectivity index (χ0) is 19.2. The minimum atomic E-state index is -3.80. The maximum atomic E-state index is 14.4. The van der Waals surface area contributed by atoms with Crippen LogP contribution in [0.1, 0.15) is 25.8 Å². The summed E-state index contributed by atoms with van der Waals surface area (Å²) in [7, 11) is 0. The number of anilines is 1. The number of esters is 1. The van der Waals surface area contributed by atoms with Crippen LogP contribution in [0.5, 0.6) is 0 Å². The topological polar surface area (TPSA) is 55.4 Å². The van der Waals surface area contributed by atoms with Gasteiger partial charge in [-0.1, -0.05) is 48.5 Å². The van der Waals surface area contributed by atoms with Crippen molar-refractivity contribution in [2.75, 3.05) is 11.9 Å². The molecule has 4 nitrogen and oxygen atoms in total. The lowest BCUT2D eigenvalue weighted by atomic mass is 9.76. The minimum Gasteiger partial charge on any atom is -0.462 e. The first-order chi connectivity index (χ1) is 12.3. The van der Waals surface area contributed by atoms with Gasteiger partial charge in [-0.25, -0.2) is 4.79 Å². The van der Waals surface area contributed by atoms with Crippen molar-refractivity contribution in [1.82, 2.24) is 0 Å². The summed E-state index contributed by atoms with van der Waals surface area (Å²) in [5.74, 6) is -6.05. The van der Waals surface area contributed by atoms with Gasteiger partial charge in [0.2, 0.25) is 5.91 Å². The van der Waals surface area contributed by atoms with E-state index in [0.717, 1.165) is 0 Å². The van der Waals surface area contributed by atoms with Crippen molar-refractivity contribution in [3.05, 3.63) is 66.2 Å². The van der Waals surface area contributed by atoms with E-state index < -0.39 is 29.6 Å². The third-order valence-corrected chi connectivity index (χ3v) is 4.09. The van der Waals surface area contributed by atoms with E-state index >= 15 is 0 Å². The number of carbonyl (C=O) groups excluding carboxylic acids is 2. The Balaban J connectivity index is 2.37. The fraction of sp³-hybridized carbons (Fsp3) is 0.300. The molecule has 26 heavy (non-hydrogen) atoms. The molecule has 0 heterocycles. The molecule has 2 aromatic carbocycles. The number of rotatable bonds is 7. The summed E-state index contributed by atoms with van der Waals surface area (Å²) in [6.45, 7) is 2.69. The summed E-state index contributed by atoms with van der Waals surface area (Å²) in [6, 6.07) is 16.8. The Bertz CT molecular complexity index is 750. The second-order valence-electron chi connectivity index (χ2n) is 6.12. The lowest BCUT2D eigenvalue weighted by Gasteiger charge is -2.31. The fourth-order valence-corrected chi connectivity index (χ4v) is 2.66. The Kier molecular flexibility index (Phi) is 6.08. The zero-order valence-corrected chi connectivity index (χ0v) is 14.7. The normalized spacial score (nSPS) is 13.5. The molecular formula is C20H21F2NO3. The number of para-hydroxylation sites is 1. The molecule has 2 rings (SSSR count). The van der Waals surface area contributed by atoms with Crippen LogP contribution in [-0.2, 0) is 19.7 Å². The van der Waals surface area contributed by atoms with E-state index in [1.165, 1.54) is 13.8 Å². The lowest BCUT2D eigenvalue weighted by molar-refractivity contribution is -0.174. The zero-order valence-electron chi connectivity index (χ0n) is 14.7. The highest BCUT2D eigenvalue weighted by atomic mass is 19.3. The van der Waals surface area contributed by atoms with Crippen LogP contribution in [0.4, 0.5) is 14.5 Å². The van der Waals surface area contributed by atoms with Gasteiger partial charge in [0.05, 0.1) is 12.0 Å². The van der Waals surface area contributed by atoms with Gasteiger partial charge < -0.3 is 10.1 Å². The van der Waals surface area contributed by atoms with Gasteiger partial charge in [0.25, 0.3) is 0 Å². The quantitative estimate of drug-likeness (QED) is 0.753. The summed E-state index contributed by atoms with van der Waals surface area (Å²) in [5, 5.41) is 2.65. The summed E-state index contributed by atoms with van der Waals surface area (Å²) in [6.07, 6.45) is -0.998. The Morgan fingerprint density at radius 3 is 2.08 bits per heavy atom. The molecule has 0 aromatic heterocycles. The molecule has 0 aliphatic carbocycles. The Morgan fingerprint density at radius 2 is 1.54 bits per heavy atom. The number of amides is 1. The Hall–Kier alpha value is -2.76. The molecule has 2 aromatic rings. The predicted octanol–water partition coefficient (Wildman–Crippen LogP) is 4.17. The number of alkyl halides is 2. The van der Waals surface area contributed by atoms with Crippen LogP contribution in [0.15, 0.2) is 60.7 Å². The van der Waals surface area contributed by atoms with Crippen molar-refractivity contribution in [2.45, 2.75) is 31.6 Å². The second-order valence-corrected chi connectivity index (χ2v) is 6.12. The average Bonchev–Trinajstić information content (AvgIpc) is 2.63. The van der Waals surface area contributed by atoms with Gasteiger partial charge >= 0.3 is 11.9 Å². The number of hydrogen-bond acceptors (Lipinski definition) is 3. The van der Waals surface area contributed by atoms with Crippen molar-refractivity contribution in [3.8, 4) is 0 Å². The van der Waals surface area contributed by atoms with Gasteiger partial charge in [-0.3, -0.25) is 4.79 Å². The molecule has 1 atom stereocenters. The highest BCUT2D eigenvalue weighted by Crippen LogP contribution is 2.37. The minimum absolute atomic E-state index is 0.160. The summed E-state index contributed by atoms with van der Waals surface area (Å²) < 4.78 is 33.3. The van der Waals surface area contributed by atoms with Gasteiger partial charge in [-0.15, -0.1) is 0 Å². The van der Waals surface area contributed by atoms with Crippen molar-refractivity contribution < 1.29 is 23.1 Å². The van der Waals surface area contributed by atoms with Gasteiger partial charge in [-0.2, -0.15) is 8.78 Å². The first-order valence-corrected chi connectivity index (χ1v) is 8.26. The van der Waals surface area contributed by atoms with E-state index in [1.807, 2.05) is 0 Å². The molecule has 0 saturated carbocycles. The van der Waals surface area contributed by atoms with Crippen LogP contribution < -0.4 is 5.32 Å². The van der Waals surface area contributed by atoms with Crippen LogP contribution in [-0.4, -0.2) is 24.4 Å². The van der Waals surface area contributed by atoms with E-state index in [9.17, 15) is 18.4 Å². The average molecular weight is 361 g/mol. The first kappa shape index (κ1) is 19.6. The first-order valence-electron chi connectivity index (χ1n) is 8.26. The van der Waals surface area contributed by atoms with Crippen molar-refractivity contribution in [3.63, 3.8) is 0 Å². The molecule has 0 spiro atoms. The second kappa shape index (κ2) is 8.08. The van der Waals surface area contributed by atoms with Crippen molar-refractivity contribution >= 4 is 17.6 Å². The highest BCUT2D eigenvalue weighted by molar-refractivity contribution is 5.99. The molecule has 6 heteroatoms. The SMILES string of the molecule is CCOC(=O)C(F)(F)CC(C)(C(=O)Nc1ccccc1)c1ccccc1. The number of nitrogens with one attached hydrogen (secondary N) is 1. The highest BCUT2D eigenvalue weighted by Gasteiger charge is 2.50. The maximum Gasteiger partial charge on any atom is 0.377 e. The fourth-order valence-electron chi connectivity index (χ4n) is 2.66. The number of benzene rings is 2. The molecule has 1 amide bonds. The van der Waals surface area contributed by atoms with Gasteiger partial charge in [0.15, 0.2) is 0 Å². The molecule has 1 unspecified atom stereocenters.